The van der Waals surface area contributed by atoms with Crippen LogP contribution in [0.4, 0.5) is 5.69 Å². The number of anilines is 1. The topological polar surface area (TPSA) is 30.5 Å². The van der Waals surface area contributed by atoms with Crippen molar-refractivity contribution in [3.8, 4) is 11.5 Å². The zero-order valence-corrected chi connectivity index (χ0v) is 15.0. The van der Waals surface area contributed by atoms with E-state index in [1.165, 1.54) is 0 Å². The van der Waals surface area contributed by atoms with Gasteiger partial charge in [0.1, 0.15) is 17.6 Å². The average Bonchev–Trinajstić information content (AvgIpc) is 2.49. The first-order chi connectivity index (χ1) is 10.9. The standard InChI is InChI=1S/C18H21Cl2NO2/c1-12(2)22-16-7-5-15(6-8-16)21-11-13(3)23-18-9-4-14(19)10-17(18)20/h4-10,12-13,21H,11H2,1-3H3. The predicted octanol–water partition coefficient (Wildman–Crippen LogP) is 5.66. The molecule has 5 heteroatoms. The fourth-order valence-corrected chi connectivity index (χ4v) is 2.47. The van der Waals surface area contributed by atoms with Crippen LogP contribution in [0.25, 0.3) is 0 Å². The molecule has 2 rings (SSSR count). The molecule has 0 radical (unpaired) electrons. The molecule has 0 saturated carbocycles. The molecule has 0 spiro atoms. The van der Waals surface area contributed by atoms with Gasteiger partial charge in [0, 0.05) is 10.7 Å². The van der Waals surface area contributed by atoms with Gasteiger partial charge in [-0.2, -0.15) is 0 Å². The van der Waals surface area contributed by atoms with Gasteiger partial charge in [0.05, 0.1) is 17.7 Å². The van der Waals surface area contributed by atoms with Crippen LogP contribution in [0.5, 0.6) is 11.5 Å². The van der Waals surface area contributed by atoms with E-state index < -0.39 is 0 Å². The van der Waals surface area contributed by atoms with Crippen LogP contribution in [0, 0.1) is 0 Å². The maximum absolute atomic E-state index is 6.11. The Kier molecular flexibility index (Phi) is 6.43. The summed E-state index contributed by atoms with van der Waals surface area (Å²) >= 11 is 12.0. The third-order valence-corrected chi connectivity index (χ3v) is 3.57. The normalized spacial score (nSPS) is 12.1. The molecule has 0 saturated heterocycles. The van der Waals surface area contributed by atoms with Crippen molar-refractivity contribution >= 4 is 28.9 Å². The van der Waals surface area contributed by atoms with Crippen molar-refractivity contribution in [3.63, 3.8) is 0 Å². The first-order valence-electron chi connectivity index (χ1n) is 7.56. The highest BCUT2D eigenvalue weighted by atomic mass is 35.5. The lowest BCUT2D eigenvalue weighted by molar-refractivity contribution is 0.235. The van der Waals surface area contributed by atoms with Gasteiger partial charge in [0.15, 0.2) is 0 Å². The van der Waals surface area contributed by atoms with Crippen molar-refractivity contribution in [1.29, 1.82) is 0 Å². The molecule has 0 aliphatic carbocycles. The molecule has 2 aromatic carbocycles. The number of hydrogen-bond acceptors (Lipinski definition) is 3. The van der Waals surface area contributed by atoms with Crippen LogP contribution in [0.2, 0.25) is 10.0 Å². The Balaban J connectivity index is 1.85. The van der Waals surface area contributed by atoms with E-state index in [0.717, 1.165) is 11.4 Å². The van der Waals surface area contributed by atoms with Gasteiger partial charge in [-0.1, -0.05) is 23.2 Å². The summed E-state index contributed by atoms with van der Waals surface area (Å²) in [4.78, 5) is 0. The zero-order chi connectivity index (χ0) is 16.8. The minimum Gasteiger partial charge on any atom is -0.491 e. The van der Waals surface area contributed by atoms with Crippen LogP contribution in [-0.2, 0) is 0 Å². The number of benzene rings is 2. The molecule has 3 nitrogen and oxygen atoms in total. The molecule has 23 heavy (non-hydrogen) atoms. The molecule has 1 unspecified atom stereocenters. The van der Waals surface area contributed by atoms with Gasteiger partial charge in [-0.15, -0.1) is 0 Å². The molecule has 1 atom stereocenters. The highest BCUT2D eigenvalue weighted by molar-refractivity contribution is 6.35. The van der Waals surface area contributed by atoms with Gasteiger partial charge in [-0.25, -0.2) is 0 Å². The van der Waals surface area contributed by atoms with Crippen molar-refractivity contribution in [2.75, 3.05) is 11.9 Å². The maximum Gasteiger partial charge on any atom is 0.138 e. The van der Waals surface area contributed by atoms with Crippen LogP contribution >= 0.6 is 23.2 Å². The van der Waals surface area contributed by atoms with Crippen molar-refractivity contribution in [3.05, 3.63) is 52.5 Å². The van der Waals surface area contributed by atoms with Gasteiger partial charge in [-0.05, 0) is 63.2 Å². The Bertz CT molecular complexity index is 629. The number of halogens is 2. The third-order valence-electron chi connectivity index (χ3n) is 3.04. The quantitative estimate of drug-likeness (QED) is 0.696. The second-order valence-electron chi connectivity index (χ2n) is 5.58. The lowest BCUT2D eigenvalue weighted by atomic mass is 10.3. The summed E-state index contributed by atoms with van der Waals surface area (Å²) in [6.07, 6.45) is 0.131. The maximum atomic E-state index is 6.11. The average molecular weight is 354 g/mol. The van der Waals surface area contributed by atoms with Crippen molar-refractivity contribution in [2.45, 2.75) is 33.0 Å². The smallest absolute Gasteiger partial charge is 0.138 e. The second kappa shape index (κ2) is 8.32. The Morgan fingerprint density at radius 1 is 0.957 bits per heavy atom. The van der Waals surface area contributed by atoms with Gasteiger partial charge in [-0.3, -0.25) is 0 Å². The van der Waals surface area contributed by atoms with Crippen LogP contribution in [0.1, 0.15) is 20.8 Å². The molecule has 1 N–H and O–H groups in total. The first kappa shape index (κ1) is 17.8. The van der Waals surface area contributed by atoms with E-state index in [1.807, 2.05) is 45.0 Å². The number of rotatable bonds is 7. The molecule has 0 aliphatic rings. The number of nitrogens with one attached hydrogen (secondary N) is 1. The van der Waals surface area contributed by atoms with E-state index in [2.05, 4.69) is 5.32 Å². The Labute approximate surface area is 147 Å². The van der Waals surface area contributed by atoms with Gasteiger partial charge < -0.3 is 14.8 Å². The minimum absolute atomic E-state index is 0.0414. The first-order valence-corrected chi connectivity index (χ1v) is 8.32. The molecule has 0 amide bonds. The van der Waals surface area contributed by atoms with E-state index in [4.69, 9.17) is 32.7 Å². The van der Waals surface area contributed by atoms with Crippen LogP contribution in [0.15, 0.2) is 42.5 Å². The van der Waals surface area contributed by atoms with Crippen LogP contribution in [-0.4, -0.2) is 18.8 Å². The number of hydrogen-bond donors (Lipinski definition) is 1. The second-order valence-corrected chi connectivity index (χ2v) is 6.42. The fraction of sp³-hybridized carbons (Fsp3) is 0.333. The molecular weight excluding hydrogens is 333 g/mol. The van der Waals surface area contributed by atoms with Gasteiger partial charge in [0.2, 0.25) is 0 Å². The summed E-state index contributed by atoms with van der Waals surface area (Å²) in [5.74, 6) is 1.49. The summed E-state index contributed by atoms with van der Waals surface area (Å²) in [5.41, 5.74) is 1.01. The van der Waals surface area contributed by atoms with Crippen molar-refractivity contribution < 1.29 is 9.47 Å². The van der Waals surface area contributed by atoms with E-state index in [1.54, 1.807) is 18.2 Å². The van der Waals surface area contributed by atoms with E-state index in [-0.39, 0.29) is 12.2 Å². The molecule has 2 aromatic rings. The highest BCUT2D eigenvalue weighted by Crippen LogP contribution is 2.28. The predicted molar refractivity (Wildman–Crippen MR) is 97.2 cm³/mol. The third kappa shape index (κ3) is 5.85. The zero-order valence-electron chi connectivity index (χ0n) is 13.5. The summed E-state index contributed by atoms with van der Waals surface area (Å²) < 4.78 is 11.4. The Morgan fingerprint density at radius 2 is 1.65 bits per heavy atom. The Hall–Kier alpha value is -1.58. The molecule has 0 aliphatic heterocycles. The molecule has 0 aromatic heterocycles. The van der Waals surface area contributed by atoms with Gasteiger partial charge >= 0.3 is 0 Å². The van der Waals surface area contributed by atoms with E-state index in [0.29, 0.717) is 22.3 Å². The lowest BCUT2D eigenvalue weighted by Gasteiger charge is -2.17. The SMILES string of the molecule is CC(C)Oc1ccc(NCC(C)Oc2ccc(Cl)cc2Cl)cc1. The summed E-state index contributed by atoms with van der Waals surface area (Å²) in [7, 11) is 0. The fourth-order valence-electron chi connectivity index (χ4n) is 2.01. The van der Waals surface area contributed by atoms with Crippen molar-refractivity contribution in [2.24, 2.45) is 0 Å². The largest absolute Gasteiger partial charge is 0.491 e. The van der Waals surface area contributed by atoms with Gasteiger partial charge in [0.25, 0.3) is 0 Å². The molecule has 0 fully saturated rings. The monoisotopic (exact) mass is 353 g/mol. The summed E-state index contributed by atoms with van der Waals surface area (Å²) in [6, 6.07) is 13.1. The Morgan fingerprint density at radius 3 is 2.26 bits per heavy atom. The minimum atomic E-state index is -0.0414. The summed E-state index contributed by atoms with van der Waals surface area (Å²) in [5, 5.41) is 4.43. The van der Waals surface area contributed by atoms with E-state index in [9.17, 15) is 0 Å². The molecular formula is C18H21Cl2NO2. The molecule has 124 valence electrons. The highest BCUT2D eigenvalue weighted by Gasteiger charge is 2.08. The lowest BCUT2D eigenvalue weighted by Crippen LogP contribution is -2.22. The van der Waals surface area contributed by atoms with Crippen LogP contribution in [0.3, 0.4) is 0 Å². The van der Waals surface area contributed by atoms with Crippen molar-refractivity contribution in [1.82, 2.24) is 0 Å². The summed E-state index contributed by atoms with van der Waals surface area (Å²) in [6.45, 7) is 6.65. The molecule has 0 bridgehead atoms. The van der Waals surface area contributed by atoms with Crippen LogP contribution < -0.4 is 14.8 Å². The molecule has 0 heterocycles. The number of ether oxygens (including phenoxy) is 2. The van der Waals surface area contributed by atoms with E-state index >= 15 is 0 Å².